The van der Waals surface area contributed by atoms with E-state index in [1.54, 1.807) is 26.0 Å². The van der Waals surface area contributed by atoms with Crippen molar-refractivity contribution in [1.29, 1.82) is 0 Å². The van der Waals surface area contributed by atoms with Crippen LogP contribution < -0.4 is 5.32 Å². The second kappa shape index (κ2) is 9.19. The molecule has 2 heterocycles. The molecule has 6 unspecified atom stereocenters. The van der Waals surface area contributed by atoms with E-state index in [4.69, 9.17) is 18.9 Å². The van der Waals surface area contributed by atoms with Gasteiger partial charge in [0.2, 0.25) is 5.91 Å². The van der Waals surface area contributed by atoms with E-state index in [1.165, 1.54) is 37.7 Å². The van der Waals surface area contributed by atoms with Crippen LogP contribution in [-0.4, -0.2) is 65.3 Å². The van der Waals surface area contributed by atoms with E-state index in [0.29, 0.717) is 0 Å². The van der Waals surface area contributed by atoms with Crippen LogP contribution in [0.2, 0.25) is 0 Å². The first kappa shape index (κ1) is 23.0. The van der Waals surface area contributed by atoms with Crippen molar-refractivity contribution in [3.8, 4) is 0 Å². The highest BCUT2D eigenvalue weighted by Gasteiger charge is 2.53. The number of hydrogen-bond donors (Lipinski definition) is 2. The summed E-state index contributed by atoms with van der Waals surface area (Å²) in [7, 11) is 0. The van der Waals surface area contributed by atoms with E-state index >= 15 is 0 Å². The van der Waals surface area contributed by atoms with Crippen LogP contribution in [0.25, 0.3) is 0 Å². The second-order valence-corrected chi connectivity index (χ2v) is 8.89. The Morgan fingerprint density at radius 1 is 1.33 bits per heavy atom. The standard InChI is InChI=1S/C20H26FNO7S/c1-10(18(24)25)27-17-15(22-11(2)23)19(30-13-7-5-12(21)6-8-13)28-14-9-26-20(3,4)29-16(14)17/h5-8,10,14-17,19H,9H2,1-4H3,(H,22,23)(H,24,25). The average Bonchev–Trinajstić information content (AvgIpc) is 2.65. The van der Waals surface area contributed by atoms with Gasteiger partial charge in [0.25, 0.3) is 0 Å². The molecule has 1 aromatic carbocycles. The minimum absolute atomic E-state index is 0.215. The highest BCUT2D eigenvalue weighted by molar-refractivity contribution is 7.99. The maximum Gasteiger partial charge on any atom is 0.332 e. The number of benzene rings is 1. The number of aliphatic carboxylic acids is 1. The molecule has 8 nitrogen and oxygen atoms in total. The number of carbonyl (C=O) groups excluding carboxylic acids is 1. The first-order valence-electron chi connectivity index (χ1n) is 9.60. The smallest absolute Gasteiger partial charge is 0.332 e. The minimum atomic E-state index is -1.13. The molecular formula is C20H26FNO7S. The Hall–Kier alpha value is -1.72. The second-order valence-electron chi connectivity index (χ2n) is 7.72. The zero-order chi connectivity index (χ0) is 22.1. The van der Waals surface area contributed by atoms with Gasteiger partial charge in [0, 0.05) is 11.8 Å². The van der Waals surface area contributed by atoms with Crippen molar-refractivity contribution in [3.63, 3.8) is 0 Å². The number of ether oxygens (including phenoxy) is 4. The molecule has 30 heavy (non-hydrogen) atoms. The minimum Gasteiger partial charge on any atom is -0.479 e. The fourth-order valence-electron chi connectivity index (χ4n) is 3.42. The summed E-state index contributed by atoms with van der Waals surface area (Å²) in [6, 6.07) is 5.16. The largest absolute Gasteiger partial charge is 0.479 e. The Balaban J connectivity index is 1.92. The molecule has 1 aromatic rings. The molecule has 0 aromatic heterocycles. The van der Waals surface area contributed by atoms with Crippen LogP contribution in [0, 0.1) is 5.82 Å². The highest BCUT2D eigenvalue weighted by atomic mass is 32.2. The number of hydrogen-bond acceptors (Lipinski definition) is 7. The Bertz CT molecular complexity index is 775. The van der Waals surface area contributed by atoms with Crippen molar-refractivity contribution in [2.24, 2.45) is 0 Å². The lowest BCUT2D eigenvalue weighted by Gasteiger charge is -2.51. The van der Waals surface area contributed by atoms with E-state index in [0.717, 1.165) is 4.90 Å². The fourth-order valence-corrected chi connectivity index (χ4v) is 4.55. The third-order valence-corrected chi connectivity index (χ3v) is 5.99. The number of rotatable bonds is 6. The van der Waals surface area contributed by atoms with Crippen LogP contribution >= 0.6 is 11.8 Å². The molecule has 3 rings (SSSR count). The average molecular weight is 443 g/mol. The van der Waals surface area contributed by atoms with Crippen LogP contribution in [0.5, 0.6) is 0 Å². The maximum atomic E-state index is 13.3. The molecule has 0 radical (unpaired) electrons. The third kappa shape index (κ3) is 5.50. The summed E-state index contributed by atoms with van der Waals surface area (Å²) in [5, 5.41) is 12.2. The summed E-state index contributed by atoms with van der Waals surface area (Å²) < 4.78 is 37.1. The van der Waals surface area contributed by atoms with Gasteiger partial charge in [-0.3, -0.25) is 4.79 Å². The van der Waals surface area contributed by atoms with E-state index in [9.17, 15) is 19.1 Å². The topological polar surface area (TPSA) is 103 Å². The van der Waals surface area contributed by atoms with E-state index < -0.39 is 47.7 Å². The Morgan fingerprint density at radius 3 is 2.60 bits per heavy atom. The van der Waals surface area contributed by atoms with Crippen LogP contribution in [-0.2, 0) is 28.5 Å². The summed E-state index contributed by atoms with van der Waals surface area (Å²) in [5.74, 6) is -2.74. The van der Waals surface area contributed by atoms with Crippen molar-refractivity contribution in [2.75, 3.05) is 6.61 Å². The number of nitrogens with one attached hydrogen (secondary N) is 1. The Morgan fingerprint density at radius 2 is 2.00 bits per heavy atom. The first-order chi connectivity index (χ1) is 14.1. The predicted molar refractivity (Wildman–Crippen MR) is 105 cm³/mol. The summed E-state index contributed by atoms with van der Waals surface area (Å²) in [6.07, 6.45) is -3.12. The van der Waals surface area contributed by atoms with Crippen molar-refractivity contribution < 1.29 is 38.0 Å². The van der Waals surface area contributed by atoms with Crippen LogP contribution in [0.1, 0.15) is 27.7 Å². The molecule has 0 aliphatic carbocycles. The van der Waals surface area contributed by atoms with Gasteiger partial charge >= 0.3 is 5.97 Å². The number of carbonyl (C=O) groups is 2. The molecule has 10 heteroatoms. The zero-order valence-corrected chi connectivity index (χ0v) is 18.0. The van der Waals surface area contributed by atoms with Crippen molar-refractivity contribution in [3.05, 3.63) is 30.1 Å². The number of carboxylic acids is 1. The van der Waals surface area contributed by atoms with Gasteiger partial charge in [0.05, 0.1) is 12.6 Å². The van der Waals surface area contributed by atoms with Crippen molar-refractivity contribution in [2.45, 2.75) is 74.3 Å². The van der Waals surface area contributed by atoms with Gasteiger partial charge < -0.3 is 29.4 Å². The van der Waals surface area contributed by atoms with Crippen LogP contribution in [0.4, 0.5) is 4.39 Å². The molecular weight excluding hydrogens is 417 g/mol. The van der Waals surface area contributed by atoms with Gasteiger partial charge in [-0.2, -0.15) is 0 Å². The number of carboxylic acid groups (broad SMARTS) is 1. The monoisotopic (exact) mass is 443 g/mol. The molecule has 2 saturated heterocycles. The third-order valence-electron chi connectivity index (χ3n) is 4.81. The Kier molecular flexibility index (Phi) is 7.03. The molecule has 166 valence electrons. The Labute approximate surface area is 178 Å². The van der Waals surface area contributed by atoms with E-state index in [1.807, 2.05) is 0 Å². The normalized spacial score (nSPS) is 31.4. The van der Waals surface area contributed by atoms with Gasteiger partial charge in [-0.1, -0.05) is 11.8 Å². The first-order valence-corrected chi connectivity index (χ1v) is 10.5. The van der Waals surface area contributed by atoms with Gasteiger partial charge in [0.15, 0.2) is 11.9 Å². The maximum absolute atomic E-state index is 13.3. The molecule has 2 N–H and O–H groups in total. The highest BCUT2D eigenvalue weighted by Crippen LogP contribution is 2.39. The molecule has 2 fully saturated rings. The summed E-state index contributed by atoms with van der Waals surface area (Å²) in [4.78, 5) is 24.1. The number of thioether (sulfide) groups is 1. The lowest BCUT2D eigenvalue weighted by atomic mass is 9.95. The molecule has 6 atom stereocenters. The van der Waals surface area contributed by atoms with E-state index in [2.05, 4.69) is 5.32 Å². The number of halogens is 1. The summed E-state index contributed by atoms with van der Waals surface area (Å²) in [5.41, 5.74) is -0.639. The van der Waals surface area contributed by atoms with Gasteiger partial charge in [-0.15, -0.1) is 0 Å². The number of fused-ring (bicyclic) bond motifs is 1. The van der Waals surface area contributed by atoms with Crippen LogP contribution in [0.15, 0.2) is 29.2 Å². The molecule has 0 spiro atoms. The predicted octanol–water partition coefficient (Wildman–Crippen LogP) is 2.16. The lowest BCUT2D eigenvalue weighted by Crippen LogP contribution is -2.68. The van der Waals surface area contributed by atoms with Crippen molar-refractivity contribution >= 4 is 23.6 Å². The molecule has 1 amide bonds. The molecule has 0 bridgehead atoms. The zero-order valence-electron chi connectivity index (χ0n) is 17.2. The fraction of sp³-hybridized carbons (Fsp3) is 0.600. The molecule has 2 aliphatic heterocycles. The molecule has 2 aliphatic rings. The SMILES string of the molecule is CC(=O)NC1C(Sc2ccc(F)cc2)OC2COC(C)(C)OC2C1OC(C)C(=O)O. The quantitative estimate of drug-likeness (QED) is 0.690. The molecule has 0 saturated carbocycles. The number of amides is 1. The van der Waals surface area contributed by atoms with Gasteiger partial charge in [-0.25, -0.2) is 9.18 Å². The van der Waals surface area contributed by atoms with E-state index in [-0.39, 0.29) is 18.3 Å². The van der Waals surface area contributed by atoms with Crippen molar-refractivity contribution in [1.82, 2.24) is 5.32 Å². The summed E-state index contributed by atoms with van der Waals surface area (Å²) in [6.45, 7) is 6.48. The summed E-state index contributed by atoms with van der Waals surface area (Å²) >= 11 is 1.28. The van der Waals surface area contributed by atoms with Gasteiger partial charge in [0.1, 0.15) is 29.6 Å². The van der Waals surface area contributed by atoms with Gasteiger partial charge in [-0.05, 0) is 45.0 Å². The lowest BCUT2D eigenvalue weighted by molar-refractivity contribution is -0.347. The van der Waals surface area contributed by atoms with Crippen LogP contribution in [0.3, 0.4) is 0 Å².